The summed E-state index contributed by atoms with van der Waals surface area (Å²) >= 11 is 0. The number of carbonyl (C=O) groups excluding carboxylic acids is 5. The van der Waals surface area contributed by atoms with Gasteiger partial charge in [0.25, 0.3) is 0 Å². The highest BCUT2D eigenvalue weighted by atomic mass is 16.3. The Kier molecular flexibility index (Phi) is 13.5. The number of amides is 5. The largest absolute Gasteiger partial charge is 0.508 e. The molecule has 0 spiro atoms. The molecule has 4 rings (SSSR count). The summed E-state index contributed by atoms with van der Waals surface area (Å²) in [5, 5.41) is 21.3. The Balaban J connectivity index is 1.61. The summed E-state index contributed by atoms with van der Waals surface area (Å²) in [6.07, 6.45) is 2.97. The molecule has 0 saturated carbocycles. The fraction of sp³-hybridized carbons (Fsp3) is 0.410. The SMILES string of the molecule is Cc1cc(O)cc(C)c1C[C@H](C)C(=O)N[C@@H]1CCCCC[C@@H](C(N)=O)NC(=O)[C@H](Cc2ccccc2)NC(=O)[C@H](Cc2ccccc2)NC1=O. The molecule has 3 aromatic carbocycles. The van der Waals surface area contributed by atoms with Crippen LogP contribution < -0.4 is 27.0 Å². The number of nitrogens with one attached hydrogen (secondary N) is 4. The van der Waals surface area contributed by atoms with Gasteiger partial charge < -0.3 is 32.1 Å². The summed E-state index contributed by atoms with van der Waals surface area (Å²) in [5.41, 5.74) is 9.95. The predicted octanol–water partition coefficient (Wildman–Crippen LogP) is 3.06. The molecule has 11 heteroatoms. The number of phenols is 1. The van der Waals surface area contributed by atoms with Gasteiger partial charge in [-0.25, -0.2) is 0 Å². The maximum Gasteiger partial charge on any atom is 0.243 e. The highest BCUT2D eigenvalue weighted by molar-refractivity contribution is 5.95. The van der Waals surface area contributed by atoms with Gasteiger partial charge in [-0.2, -0.15) is 0 Å². The summed E-state index contributed by atoms with van der Waals surface area (Å²) in [7, 11) is 0. The standard InChI is InChI=1S/C39H49N5O6/c1-24-19-29(45)20-25(2)30(24)21-26(3)36(47)42-32-18-12-6-11-17-31(35(40)46)41-38(49)33(22-27-13-7-4-8-14-27)44-39(50)34(43-37(32)48)23-28-15-9-5-10-16-28/h4-5,7-10,13-16,19-20,26,31-34,45H,6,11-12,17-18,21-23H2,1-3H3,(H2,40,46)(H,41,49)(H,42,47)(H,43,48)(H,44,50)/t26-,31-,32+,33-,34-/m0/s1. The minimum absolute atomic E-state index is 0.137. The van der Waals surface area contributed by atoms with E-state index in [9.17, 15) is 29.1 Å². The molecule has 7 N–H and O–H groups in total. The summed E-state index contributed by atoms with van der Waals surface area (Å²) in [6.45, 7) is 5.56. The second-order valence-electron chi connectivity index (χ2n) is 13.3. The van der Waals surface area contributed by atoms with Gasteiger partial charge in [0.05, 0.1) is 0 Å². The van der Waals surface area contributed by atoms with E-state index in [2.05, 4.69) is 21.3 Å². The molecule has 266 valence electrons. The fourth-order valence-corrected chi connectivity index (χ4v) is 6.37. The highest BCUT2D eigenvalue weighted by Gasteiger charge is 2.32. The lowest BCUT2D eigenvalue weighted by molar-refractivity contribution is -0.134. The monoisotopic (exact) mass is 683 g/mol. The van der Waals surface area contributed by atoms with E-state index in [4.69, 9.17) is 5.73 Å². The molecule has 3 aromatic rings. The number of primary amides is 1. The lowest BCUT2D eigenvalue weighted by atomic mass is 9.92. The molecule has 1 aliphatic rings. The molecule has 1 heterocycles. The third-order valence-electron chi connectivity index (χ3n) is 9.25. The van der Waals surface area contributed by atoms with Crippen molar-refractivity contribution in [3.8, 4) is 5.75 Å². The van der Waals surface area contributed by atoms with Gasteiger partial charge in [0.2, 0.25) is 29.5 Å². The number of rotatable bonds is 9. The number of carbonyl (C=O) groups is 5. The molecule has 0 bridgehead atoms. The summed E-state index contributed by atoms with van der Waals surface area (Å²) < 4.78 is 0. The maximum absolute atomic E-state index is 14.0. The maximum atomic E-state index is 14.0. The van der Waals surface area contributed by atoms with Gasteiger partial charge in [-0.1, -0.05) is 86.8 Å². The Labute approximate surface area is 293 Å². The van der Waals surface area contributed by atoms with Gasteiger partial charge in [-0.05, 0) is 73.1 Å². The van der Waals surface area contributed by atoms with Crippen molar-refractivity contribution >= 4 is 29.5 Å². The molecule has 5 atom stereocenters. The van der Waals surface area contributed by atoms with Crippen molar-refractivity contribution in [3.05, 3.63) is 101 Å². The lowest BCUT2D eigenvalue weighted by Gasteiger charge is -2.26. The highest BCUT2D eigenvalue weighted by Crippen LogP contribution is 2.24. The minimum atomic E-state index is -1.08. The first-order chi connectivity index (χ1) is 23.9. The number of hydrogen-bond acceptors (Lipinski definition) is 6. The second kappa shape index (κ2) is 18.0. The van der Waals surface area contributed by atoms with E-state index in [1.807, 2.05) is 74.5 Å². The normalized spacial score (nSPS) is 21.4. The average molecular weight is 684 g/mol. The van der Waals surface area contributed by atoms with Crippen LogP contribution in [0.1, 0.15) is 66.8 Å². The lowest BCUT2D eigenvalue weighted by Crippen LogP contribution is -2.59. The van der Waals surface area contributed by atoms with Crippen LogP contribution in [-0.4, -0.2) is 58.8 Å². The molecular weight excluding hydrogens is 634 g/mol. The topological polar surface area (TPSA) is 180 Å². The molecule has 0 radical (unpaired) electrons. The smallest absolute Gasteiger partial charge is 0.243 e. The van der Waals surface area contributed by atoms with E-state index in [-0.39, 0.29) is 30.9 Å². The molecule has 5 amide bonds. The predicted molar refractivity (Wildman–Crippen MR) is 191 cm³/mol. The molecule has 0 aromatic heterocycles. The van der Waals surface area contributed by atoms with E-state index in [0.717, 1.165) is 27.8 Å². The zero-order valence-electron chi connectivity index (χ0n) is 29.0. The van der Waals surface area contributed by atoms with Crippen molar-refractivity contribution in [3.63, 3.8) is 0 Å². The van der Waals surface area contributed by atoms with Gasteiger partial charge in [0.15, 0.2) is 0 Å². The molecule has 1 fully saturated rings. The second-order valence-corrected chi connectivity index (χ2v) is 13.3. The van der Waals surface area contributed by atoms with E-state index >= 15 is 0 Å². The van der Waals surface area contributed by atoms with E-state index in [1.54, 1.807) is 19.1 Å². The Bertz CT molecular complexity index is 1620. The number of nitrogens with two attached hydrogens (primary N) is 1. The molecule has 1 saturated heterocycles. The van der Waals surface area contributed by atoms with E-state index < -0.39 is 53.7 Å². The minimum Gasteiger partial charge on any atom is -0.508 e. The van der Waals surface area contributed by atoms with Crippen molar-refractivity contribution in [1.82, 2.24) is 21.3 Å². The average Bonchev–Trinajstić information content (AvgIpc) is 3.08. The Morgan fingerprint density at radius 1 is 0.780 bits per heavy atom. The van der Waals surface area contributed by atoms with Crippen LogP contribution in [0.5, 0.6) is 5.75 Å². The quantitative estimate of drug-likeness (QED) is 0.202. The van der Waals surface area contributed by atoms with Crippen molar-refractivity contribution in [2.45, 2.75) is 96.3 Å². The number of aryl methyl sites for hydroxylation is 2. The number of hydrogen-bond donors (Lipinski definition) is 6. The molecule has 0 aliphatic carbocycles. The van der Waals surface area contributed by atoms with Gasteiger partial charge in [-0.3, -0.25) is 24.0 Å². The number of aromatic hydroxyl groups is 1. The van der Waals surface area contributed by atoms with Crippen LogP contribution in [0.4, 0.5) is 0 Å². The van der Waals surface area contributed by atoms with Gasteiger partial charge in [0, 0.05) is 18.8 Å². The number of phenolic OH excluding ortho intramolecular Hbond substituents is 1. The molecule has 1 aliphatic heterocycles. The first-order valence-corrected chi connectivity index (χ1v) is 17.3. The van der Waals surface area contributed by atoms with Crippen LogP contribution >= 0.6 is 0 Å². The van der Waals surface area contributed by atoms with E-state index in [1.165, 1.54) is 0 Å². The number of benzene rings is 3. The summed E-state index contributed by atoms with van der Waals surface area (Å²) in [4.78, 5) is 67.5. The third kappa shape index (κ3) is 10.9. The van der Waals surface area contributed by atoms with Crippen molar-refractivity contribution in [1.29, 1.82) is 0 Å². The van der Waals surface area contributed by atoms with Crippen molar-refractivity contribution in [2.24, 2.45) is 11.7 Å². The van der Waals surface area contributed by atoms with Crippen LogP contribution in [0, 0.1) is 19.8 Å². The van der Waals surface area contributed by atoms with E-state index in [0.29, 0.717) is 32.1 Å². The zero-order valence-corrected chi connectivity index (χ0v) is 29.0. The zero-order chi connectivity index (χ0) is 36.2. The molecule has 50 heavy (non-hydrogen) atoms. The van der Waals surface area contributed by atoms with Crippen LogP contribution in [0.15, 0.2) is 72.8 Å². The Hall–Kier alpha value is -5.19. The molecule has 0 unspecified atom stereocenters. The fourth-order valence-electron chi connectivity index (χ4n) is 6.37. The first kappa shape index (κ1) is 37.6. The van der Waals surface area contributed by atoms with Crippen LogP contribution in [0.3, 0.4) is 0 Å². The first-order valence-electron chi connectivity index (χ1n) is 17.3. The van der Waals surface area contributed by atoms with Gasteiger partial charge in [-0.15, -0.1) is 0 Å². The molecule has 11 nitrogen and oxygen atoms in total. The summed E-state index contributed by atoms with van der Waals surface area (Å²) in [5.74, 6) is -2.96. The van der Waals surface area contributed by atoms with Crippen molar-refractivity contribution in [2.75, 3.05) is 0 Å². The van der Waals surface area contributed by atoms with Crippen LogP contribution in [-0.2, 0) is 43.2 Å². The summed E-state index contributed by atoms with van der Waals surface area (Å²) in [6, 6.07) is 17.7. The van der Waals surface area contributed by atoms with Crippen LogP contribution in [0.25, 0.3) is 0 Å². The van der Waals surface area contributed by atoms with Crippen molar-refractivity contribution < 1.29 is 29.1 Å². The molecular formula is C39H49N5O6. The van der Waals surface area contributed by atoms with Gasteiger partial charge in [0.1, 0.15) is 29.9 Å². The Morgan fingerprint density at radius 2 is 1.28 bits per heavy atom. The Morgan fingerprint density at radius 3 is 1.82 bits per heavy atom. The van der Waals surface area contributed by atoms with Gasteiger partial charge >= 0.3 is 0 Å². The van der Waals surface area contributed by atoms with Crippen LogP contribution in [0.2, 0.25) is 0 Å². The third-order valence-corrected chi connectivity index (χ3v) is 9.25.